The van der Waals surface area contributed by atoms with Gasteiger partial charge in [-0.25, -0.2) is 13.9 Å². The zero-order chi connectivity index (χ0) is 23.0. The van der Waals surface area contributed by atoms with E-state index in [1.54, 1.807) is 0 Å². The van der Waals surface area contributed by atoms with Crippen molar-refractivity contribution >= 4 is 23.3 Å². The van der Waals surface area contributed by atoms with Crippen LogP contribution in [0.3, 0.4) is 0 Å². The van der Waals surface area contributed by atoms with Crippen LogP contribution < -0.4 is 14.4 Å². The number of anilines is 2. The quantitative estimate of drug-likeness (QED) is 0.414. The van der Waals surface area contributed by atoms with Gasteiger partial charge in [0, 0.05) is 13.0 Å². The van der Waals surface area contributed by atoms with E-state index in [9.17, 15) is 9.59 Å². The minimum Gasteiger partial charge on any atom is -0.458 e. The fourth-order valence-electron chi connectivity index (χ4n) is 5.01. The highest BCUT2D eigenvalue weighted by molar-refractivity contribution is 6.06. The minimum absolute atomic E-state index is 0.104. The van der Waals surface area contributed by atoms with E-state index in [0.29, 0.717) is 18.5 Å². The van der Waals surface area contributed by atoms with Crippen molar-refractivity contribution in [3.8, 4) is 0 Å². The molecule has 0 aliphatic carbocycles. The Bertz CT molecular complexity index is 1190. The van der Waals surface area contributed by atoms with E-state index in [4.69, 9.17) is 4.74 Å². The van der Waals surface area contributed by atoms with Crippen LogP contribution in [0.1, 0.15) is 35.7 Å². The summed E-state index contributed by atoms with van der Waals surface area (Å²) < 4.78 is 9.42. The molecule has 5 rings (SSSR count). The molecular weight excluding hydrogens is 416 g/mol. The summed E-state index contributed by atoms with van der Waals surface area (Å²) in [5, 5.41) is 0. The number of carbonyl (C=O) groups excluding carboxylic acids is 2. The number of aryl methyl sites for hydroxylation is 1. The lowest BCUT2D eigenvalue weighted by molar-refractivity contribution is -0.671. The molecule has 3 heterocycles. The molecule has 2 aromatic carbocycles. The third-order valence-corrected chi connectivity index (χ3v) is 6.74. The van der Waals surface area contributed by atoms with Gasteiger partial charge in [-0.2, -0.15) is 0 Å². The number of fused-ring (bicyclic) bond motifs is 3. The van der Waals surface area contributed by atoms with E-state index < -0.39 is 5.66 Å². The fraction of sp³-hybridized carbons (Fsp3) is 0.346. The van der Waals surface area contributed by atoms with E-state index in [0.717, 1.165) is 30.8 Å². The van der Waals surface area contributed by atoms with Crippen LogP contribution in [0.2, 0.25) is 0 Å². The zero-order valence-corrected chi connectivity index (χ0v) is 19.1. The molecule has 0 bridgehead atoms. The van der Waals surface area contributed by atoms with Crippen LogP contribution in [0.15, 0.2) is 67.3 Å². The Balaban J connectivity index is 1.34. The zero-order valence-electron chi connectivity index (χ0n) is 19.1. The summed E-state index contributed by atoms with van der Waals surface area (Å²) in [6.45, 7) is 3.80. The number of esters is 1. The lowest BCUT2D eigenvalue weighted by Crippen LogP contribution is -2.52. The average molecular weight is 446 g/mol. The highest BCUT2D eigenvalue weighted by Gasteiger charge is 2.52. The highest BCUT2D eigenvalue weighted by Crippen LogP contribution is 2.50. The number of hydrogen-bond donors (Lipinski definition) is 0. The molecule has 7 heteroatoms. The van der Waals surface area contributed by atoms with Crippen LogP contribution in [0, 0.1) is 0 Å². The molecule has 0 spiro atoms. The summed E-state index contributed by atoms with van der Waals surface area (Å²) in [6, 6.07) is 16.0. The van der Waals surface area contributed by atoms with E-state index in [1.807, 2.05) is 64.1 Å². The predicted octanol–water partition coefficient (Wildman–Crippen LogP) is 3.08. The Morgan fingerprint density at radius 2 is 1.94 bits per heavy atom. The van der Waals surface area contributed by atoms with Crippen molar-refractivity contribution in [2.45, 2.75) is 38.4 Å². The molecule has 0 saturated carbocycles. The second kappa shape index (κ2) is 8.39. The van der Waals surface area contributed by atoms with Crippen molar-refractivity contribution in [1.82, 2.24) is 4.57 Å². The number of nitrogens with zero attached hydrogens (tertiary/aromatic N) is 4. The Morgan fingerprint density at radius 1 is 1.12 bits per heavy atom. The van der Waals surface area contributed by atoms with E-state index in [1.165, 1.54) is 5.56 Å². The lowest BCUT2D eigenvalue weighted by atomic mass is 10.1. The van der Waals surface area contributed by atoms with Gasteiger partial charge in [-0.1, -0.05) is 30.3 Å². The van der Waals surface area contributed by atoms with Gasteiger partial charge in [-0.15, -0.1) is 0 Å². The van der Waals surface area contributed by atoms with Gasteiger partial charge in [0.15, 0.2) is 0 Å². The molecule has 7 nitrogen and oxygen atoms in total. The third-order valence-electron chi connectivity index (χ3n) is 6.74. The standard InChI is InChI=1S/C26H29N4O3/c1-26-12-10-24(31)30(26)23-18-21(25(32)33-17-16-28-15-14-27(2)19-28)8-9-22(23)29(26)13-11-20-6-4-3-5-7-20/h3-9,14-15,18-19H,10-13,16-17H2,1-2H3/q+1. The molecule has 170 valence electrons. The van der Waals surface area contributed by atoms with Gasteiger partial charge in [-0.05, 0) is 43.5 Å². The number of carbonyl (C=O) groups is 2. The first-order chi connectivity index (χ1) is 16.0. The van der Waals surface area contributed by atoms with Gasteiger partial charge in [-0.3, -0.25) is 9.69 Å². The summed E-state index contributed by atoms with van der Waals surface area (Å²) in [4.78, 5) is 29.8. The number of ether oxygens (including phenoxy) is 1. The third kappa shape index (κ3) is 3.88. The first-order valence-electron chi connectivity index (χ1n) is 11.4. The van der Waals surface area contributed by atoms with Crippen LogP contribution in [0.5, 0.6) is 0 Å². The van der Waals surface area contributed by atoms with Gasteiger partial charge < -0.3 is 9.64 Å². The molecule has 0 N–H and O–H groups in total. The summed E-state index contributed by atoms with van der Waals surface area (Å²) in [5.74, 6) is -0.266. The highest BCUT2D eigenvalue weighted by atomic mass is 16.5. The average Bonchev–Trinajstić information content (AvgIpc) is 3.44. The van der Waals surface area contributed by atoms with Crippen molar-refractivity contribution < 1.29 is 18.9 Å². The largest absolute Gasteiger partial charge is 0.458 e. The van der Waals surface area contributed by atoms with Crippen LogP contribution in [-0.2, 0) is 29.5 Å². The van der Waals surface area contributed by atoms with Crippen LogP contribution in [0.25, 0.3) is 0 Å². The number of benzene rings is 2. The molecule has 1 unspecified atom stereocenters. The van der Waals surface area contributed by atoms with Crippen molar-refractivity contribution in [3.63, 3.8) is 0 Å². The van der Waals surface area contributed by atoms with Gasteiger partial charge in [0.25, 0.3) is 0 Å². The maximum atomic E-state index is 12.8. The molecule has 1 aromatic heterocycles. The number of hydrogen-bond acceptors (Lipinski definition) is 4. The second-order valence-corrected chi connectivity index (χ2v) is 8.99. The fourth-order valence-corrected chi connectivity index (χ4v) is 5.01. The number of amides is 1. The van der Waals surface area contributed by atoms with Crippen LogP contribution in [-0.4, -0.2) is 35.3 Å². The molecule has 1 amide bonds. The maximum Gasteiger partial charge on any atom is 0.338 e. The van der Waals surface area contributed by atoms with Crippen molar-refractivity contribution in [2.24, 2.45) is 7.05 Å². The van der Waals surface area contributed by atoms with E-state index >= 15 is 0 Å². The lowest BCUT2D eigenvalue weighted by Gasteiger charge is -2.37. The van der Waals surface area contributed by atoms with Crippen LogP contribution in [0.4, 0.5) is 11.4 Å². The Labute approximate surface area is 193 Å². The first-order valence-corrected chi connectivity index (χ1v) is 11.4. The Hall–Kier alpha value is -3.61. The molecule has 2 aliphatic rings. The van der Waals surface area contributed by atoms with Crippen molar-refractivity contribution in [3.05, 3.63) is 78.4 Å². The molecule has 1 fully saturated rings. The molecule has 3 aromatic rings. The minimum atomic E-state index is -0.402. The van der Waals surface area contributed by atoms with Crippen molar-refractivity contribution in [2.75, 3.05) is 23.0 Å². The summed E-state index contributed by atoms with van der Waals surface area (Å²) >= 11 is 0. The molecule has 1 saturated heterocycles. The number of imidazole rings is 1. The molecule has 1 atom stereocenters. The maximum absolute atomic E-state index is 12.8. The molecular formula is C26H29N4O3+. The van der Waals surface area contributed by atoms with Gasteiger partial charge >= 0.3 is 5.97 Å². The normalized spacial score (nSPS) is 19.0. The number of aromatic nitrogens is 2. The monoisotopic (exact) mass is 445 g/mol. The number of rotatable bonds is 7. The van der Waals surface area contributed by atoms with Gasteiger partial charge in [0.1, 0.15) is 31.2 Å². The Kier molecular flexibility index (Phi) is 5.40. The molecule has 33 heavy (non-hydrogen) atoms. The van der Waals surface area contributed by atoms with Gasteiger partial charge in [0.05, 0.1) is 24.0 Å². The summed E-state index contributed by atoms with van der Waals surface area (Å²) in [5.41, 5.74) is 3.14. The topological polar surface area (TPSA) is 58.7 Å². The smallest absolute Gasteiger partial charge is 0.338 e. The molecule has 2 aliphatic heterocycles. The Morgan fingerprint density at radius 3 is 2.70 bits per heavy atom. The second-order valence-electron chi connectivity index (χ2n) is 8.99. The summed E-state index contributed by atoms with van der Waals surface area (Å²) in [7, 11) is 1.95. The van der Waals surface area contributed by atoms with E-state index in [-0.39, 0.29) is 18.5 Å². The van der Waals surface area contributed by atoms with E-state index in [2.05, 4.69) is 36.1 Å². The predicted molar refractivity (Wildman–Crippen MR) is 125 cm³/mol. The first kappa shape index (κ1) is 21.2. The van der Waals surface area contributed by atoms with Crippen LogP contribution >= 0.6 is 0 Å². The van der Waals surface area contributed by atoms with Gasteiger partial charge in [0.2, 0.25) is 12.2 Å². The summed E-state index contributed by atoms with van der Waals surface area (Å²) in [6.07, 6.45) is 7.99. The molecule has 0 radical (unpaired) electrons. The van der Waals surface area contributed by atoms with Crippen molar-refractivity contribution in [1.29, 1.82) is 0 Å². The SMILES string of the molecule is C[n+]1ccn(CCOC(=O)c2ccc3c(c2)N2C(=O)CCC2(C)N3CCc2ccccc2)c1.